The number of imidazole rings is 1. The van der Waals surface area contributed by atoms with Crippen LogP contribution >= 0.6 is 0 Å². The van der Waals surface area contributed by atoms with Crippen molar-refractivity contribution in [1.29, 1.82) is 0 Å². The van der Waals surface area contributed by atoms with Crippen molar-refractivity contribution in [2.45, 2.75) is 43.8 Å². The summed E-state index contributed by atoms with van der Waals surface area (Å²) in [5, 5.41) is 3.39. The van der Waals surface area contributed by atoms with Gasteiger partial charge < -0.3 is 20.7 Å². The molecule has 2 aromatic heterocycles. The van der Waals surface area contributed by atoms with Gasteiger partial charge in [0.05, 0.1) is 5.69 Å². The van der Waals surface area contributed by atoms with E-state index < -0.39 is 0 Å². The molecule has 208 valence electrons. The molecule has 0 aliphatic carbocycles. The molecule has 3 aliphatic heterocycles. The topological polar surface area (TPSA) is 106 Å². The lowest BCUT2D eigenvalue weighted by Crippen LogP contribution is -2.60. The fraction of sp³-hybridized carbons (Fsp3) is 0.433. The standard InChI is InChI=1S/C30H36N8O2/c31-28-27-29(34-20-33-28)38(23-12-16-35(17-13-23)21-10-14-36(15-11-21)24-18-32-19-24)30(39)37(27)22-6-8-26(9-7-22)40-25-4-2-1-3-5-25/h1-9,20-21,23-24,32H,10-19H2,(H2,31,33,34). The van der Waals surface area contributed by atoms with Crippen molar-refractivity contribution in [3.8, 4) is 17.2 Å². The van der Waals surface area contributed by atoms with Crippen molar-refractivity contribution < 1.29 is 4.74 Å². The van der Waals surface area contributed by atoms with Crippen LogP contribution in [0.25, 0.3) is 16.9 Å². The maximum atomic E-state index is 14.0. The van der Waals surface area contributed by atoms with Gasteiger partial charge in [-0.15, -0.1) is 0 Å². The Labute approximate surface area is 233 Å². The van der Waals surface area contributed by atoms with Crippen LogP contribution in [0.5, 0.6) is 11.5 Å². The van der Waals surface area contributed by atoms with E-state index in [9.17, 15) is 4.79 Å². The van der Waals surface area contributed by atoms with Gasteiger partial charge in [-0.2, -0.15) is 0 Å². The molecule has 10 nitrogen and oxygen atoms in total. The minimum absolute atomic E-state index is 0.0728. The van der Waals surface area contributed by atoms with Crippen molar-refractivity contribution in [2.24, 2.45) is 0 Å². The second kappa shape index (κ2) is 10.7. The average molecular weight is 541 g/mol. The Hall–Kier alpha value is -3.73. The number of aromatic nitrogens is 4. The Balaban J connectivity index is 1.10. The van der Waals surface area contributed by atoms with Crippen LogP contribution in [0.4, 0.5) is 5.82 Å². The number of likely N-dealkylation sites (tertiary alicyclic amines) is 2. The van der Waals surface area contributed by atoms with E-state index in [4.69, 9.17) is 10.5 Å². The molecule has 4 aromatic rings. The number of benzene rings is 2. The number of hydrogen-bond donors (Lipinski definition) is 2. The van der Waals surface area contributed by atoms with E-state index in [1.165, 1.54) is 32.3 Å². The molecule has 5 heterocycles. The third-order valence-electron chi connectivity index (χ3n) is 8.91. The van der Waals surface area contributed by atoms with Gasteiger partial charge in [0.25, 0.3) is 0 Å². The molecule has 0 bridgehead atoms. The predicted octanol–water partition coefficient (Wildman–Crippen LogP) is 3.03. The average Bonchev–Trinajstić information content (AvgIpc) is 3.26. The van der Waals surface area contributed by atoms with Gasteiger partial charge in [0.15, 0.2) is 11.5 Å². The second-order valence-electron chi connectivity index (χ2n) is 11.2. The van der Waals surface area contributed by atoms with E-state index in [2.05, 4.69) is 25.1 Å². The molecule has 2 aromatic carbocycles. The van der Waals surface area contributed by atoms with Gasteiger partial charge in [-0.25, -0.2) is 14.8 Å². The summed E-state index contributed by atoms with van der Waals surface area (Å²) in [4.78, 5) is 28.0. The molecule has 3 saturated heterocycles. The monoisotopic (exact) mass is 540 g/mol. The molecule has 10 heteroatoms. The highest BCUT2D eigenvalue weighted by Gasteiger charge is 2.34. The first-order valence-corrected chi connectivity index (χ1v) is 14.4. The molecule has 3 N–H and O–H groups in total. The van der Waals surface area contributed by atoms with Gasteiger partial charge in [-0.05, 0) is 62.1 Å². The predicted molar refractivity (Wildman–Crippen MR) is 155 cm³/mol. The fourth-order valence-corrected chi connectivity index (χ4v) is 6.58. The first-order valence-electron chi connectivity index (χ1n) is 14.4. The summed E-state index contributed by atoms with van der Waals surface area (Å²) in [5.41, 5.74) is 8.08. The first-order chi connectivity index (χ1) is 19.7. The summed E-state index contributed by atoms with van der Waals surface area (Å²) in [5.74, 6) is 1.75. The van der Waals surface area contributed by atoms with Crippen LogP contribution in [0.2, 0.25) is 0 Å². The van der Waals surface area contributed by atoms with Crippen LogP contribution in [0.1, 0.15) is 31.7 Å². The Kier molecular flexibility index (Phi) is 6.74. The van der Waals surface area contributed by atoms with Crippen LogP contribution in [0, 0.1) is 0 Å². The number of para-hydroxylation sites is 1. The number of hydrogen-bond acceptors (Lipinski definition) is 8. The summed E-state index contributed by atoms with van der Waals surface area (Å²) in [6.45, 7) is 6.64. The number of fused-ring (bicyclic) bond motifs is 1. The highest BCUT2D eigenvalue weighted by atomic mass is 16.5. The number of rotatable bonds is 6. The zero-order chi connectivity index (χ0) is 27.1. The number of piperidine rings is 2. The van der Waals surface area contributed by atoms with Crippen LogP contribution in [0.3, 0.4) is 0 Å². The number of nitrogens with two attached hydrogens (primary N) is 1. The number of nitrogens with zero attached hydrogens (tertiary/aromatic N) is 6. The van der Waals surface area contributed by atoms with E-state index >= 15 is 0 Å². The summed E-state index contributed by atoms with van der Waals surface area (Å²) in [7, 11) is 0. The minimum Gasteiger partial charge on any atom is -0.457 e. The Morgan fingerprint density at radius 2 is 1.40 bits per heavy atom. The molecule has 7 rings (SSSR count). The summed E-state index contributed by atoms with van der Waals surface area (Å²) < 4.78 is 9.44. The highest BCUT2D eigenvalue weighted by molar-refractivity contribution is 5.84. The minimum atomic E-state index is -0.125. The quantitative estimate of drug-likeness (QED) is 0.385. The van der Waals surface area contributed by atoms with Crippen molar-refractivity contribution >= 4 is 17.0 Å². The lowest BCUT2D eigenvalue weighted by molar-refractivity contribution is 0.0502. The molecular formula is C30H36N8O2. The maximum Gasteiger partial charge on any atom is 0.335 e. The Bertz CT molecular complexity index is 1510. The van der Waals surface area contributed by atoms with E-state index in [-0.39, 0.29) is 11.7 Å². The number of anilines is 1. The van der Waals surface area contributed by atoms with Crippen LogP contribution in [-0.4, -0.2) is 80.3 Å². The molecule has 3 fully saturated rings. The molecular weight excluding hydrogens is 504 g/mol. The lowest BCUT2D eigenvalue weighted by Gasteiger charge is -2.46. The molecule has 0 saturated carbocycles. The van der Waals surface area contributed by atoms with Crippen molar-refractivity contribution in [2.75, 3.05) is 45.0 Å². The van der Waals surface area contributed by atoms with Gasteiger partial charge in [0, 0.05) is 57.4 Å². The molecule has 0 atom stereocenters. The normalized spacial score (nSPS) is 20.1. The molecule has 40 heavy (non-hydrogen) atoms. The second-order valence-corrected chi connectivity index (χ2v) is 11.2. The summed E-state index contributed by atoms with van der Waals surface area (Å²) in [6, 6.07) is 18.6. The first kappa shape index (κ1) is 25.3. The summed E-state index contributed by atoms with van der Waals surface area (Å²) in [6.07, 6.45) is 5.75. The fourth-order valence-electron chi connectivity index (χ4n) is 6.58. The molecule has 3 aliphatic rings. The third-order valence-corrected chi connectivity index (χ3v) is 8.91. The highest BCUT2D eigenvalue weighted by Crippen LogP contribution is 2.31. The van der Waals surface area contributed by atoms with Gasteiger partial charge in [-0.1, -0.05) is 18.2 Å². The lowest BCUT2D eigenvalue weighted by atomic mass is 9.96. The van der Waals surface area contributed by atoms with E-state index in [0.717, 1.165) is 50.8 Å². The molecule has 0 unspecified atom stereocenters. The van der Waals surface area contributed by atoms with Gasteiger partial charge >= 0.3 is 5.69 Å². The Morgan fingerprint density at radius 1 is 0.775 bits per heavy atom. The van der Waals surface area contributed by atoms with E-state index in [1.54, 1.807) is 4.57 Å². The van der Waals surface area contributed by atoms with Crippen LogP contribution in [0.15, 0.2) is 65.7 Å². The van der Waals surface area contributed by atoms with Gasteiger partial charge in [0.1, 0.15) is 23.3 Å². The van der Waals surface area contributed by atoms with Crippen molar-refractivity contribution in [3.05, 3.63) is 71.4 Å². The van der Waals surface area contributed by atoms with Gasteiger partial charge in [-0.3, -0.25) is 14.0 Å². The van der Waals surface area contributed by atoms with Gasteiger partial charge in [0.2, 0.25) is 0 Å². The van der Waals surface area contributed by atoms with Crippen LogP contribution in [-0.2, 0) is 0 Å². The smallest absolute Gasteiger partial charge is 0.335 e. The molecule has 0 spiro atoms. The summed E-state index contributed by atoms with van der Waals surface area (Å²) >= 11 is 0. The largest absolute Gasteiger partial charge is 0.457 e. The van der Waals surface area contributed by atoms with Crippen molar-refractivity contribution in [1.82, 2.24) is 34.2 Å². The zero-order valence-electron chi connectivity index (χ0n) is 22.7. The maximum absolute atomic E-state index is 14.0. The van der Waals surface area contributed by atoms with E-state index in [0.29, 0.717) is 34.5 Å². The molecule has 0 amide bonds. The van der Waals surface area contributed by atoms with E-state index in [1.807, 2.05) is 59.2 Å². The Morgan fingerprint density at radius 3 is 2.05 bits per heavy atom. The van der Waals surface area contributed by atoms with Crippen molar-refractivity contribution in [3.63, 3.8) is 0 Å². The zero-order valence-corrected chi connectivity index (χ0v) is 22.7. The number of nitrogens with one attached hydrogen (secondary N) is 1. The van der Waals surface area contributed by atoms with Crippen LogP contribution < -0.4 is 21.5 Å². The number of ether oxygens (including phenoxy) is 1. The molecule has 0 radical (unpaired) electrons. The number of nitrogen functional groups attached to an aromatic ring is 1. The SMILES string of the molecule is Nc1ncnc2c1n(-c1ccc(Oc3ccccc3)cc1)c(=O)n2C1CCN(C2CCN(C3CNC3)CC2)CC1. The third kappa shape index (κ3) is 4.66.